The molecule has 0 aromatic heterocycles. The number of nitrogens with zero attached hydrogens (tertiary/aromatic N) is 1. The van der Waals surface area contributed by atoms with Gasteiger partial charge in [-0.05, 0) is 56.1 Å². The van der Waals surface area contributed by atoms with Crippen molar-refractivity contribution in [1.29, 1.82) is 0 Å². The summed E-state index contributed by atoms with van der Waals surface area (Å²) in [5.41, 5.74) is 0.256. The Morgan fingerprint density at radius 3 is 2.19 bits per heavy atom. The summed E-state index contributed by atoms with van der Waals surface area (Å²) in [5, 5.41) is 3.28. The minimum absolute atomic E-state index is 0.00636. The van der Waals surface area contributed by atoms with Crippen LogP contribution in [0.4, 0.5) is 0 Å². The molecular formula is C25H50N2O4. The van der Waals surface area contributed by atoms with Gasteiger partial charge >= 0.3 is 11.9 Å². The van der Waals surface area contributed by atoms with Gasteiger partial charge in [0.2, 0.25) is 0 Å². The second-order valence-electron chi connectivity index (χ2n) is 10.8. The Kier molecular flexibility index (Phi) is 15.1. The Hall–Kier alpha value is -1.14. The van der Waals surface area contributed by atoms with Gasteiger partial charge in [-0.1, -0.05) is 54.9 Å². The quantitative estimate of drug-likeness (QED) is 0.246. The second kappa shape index (κ2) is 15.6. The van der Waals surface area contributed by atoms with E-state index in [2.05, 4.69) is 58.7 Å². The Balaban J connectivity index is 3.78. The number of rotatable bonds is 18. The van der Waals surface area contributed by atoms with E-state index in [-0.39, 0.29) is 22.8 Å². The number of carbonyl (C=O) groups excluding carboxylic acids is 2. The van der Waals surface area contributed by atoms with E-state index in [0.717, 1.165) is 38.8 Å². The van der Waals surface area contributed by atoms with Gasteiger partial charge in [0.1, 0.15) is 0 Å². The maximum absolute atomic E-state index is 12.1. The highest BCUT2D eigenvalue weighted by atomic mass is 16.5. The summed E-state index contributed by atoms with van der Waals surface area (Å²) in [6.07, 6.45) is 4.85. The standard InChI is InChI=1S/C25H50N2O4/c1-9-24(4,5)19-25(6,7)20-31-23(29)12-17-27(8)16-10-14-26-15-11-22(28)30-18-13-21(2)3/h21,26H,9-20H2,1-8H3. The third-order valence-corrected chi connectivity index (χ3v) is 5.59. The van der Waals surface area contributed by atoms with Crippen molar-refractivity contribution in [2.75, 3.05) is 46.4 Å². The van der Waals surface area contributed by atoms with Gasteiger partial charge in [0.05, 0.1) is 26.1 Å². The van der Waals surface area contributed by atoms with Gasteiger partial charge in [0, 0.05) is 13.1 Å². The smallest absolute Gasteiger partial charge is 0.307 e. The first-order valence-electron chi connectivity index (χ1n) is 12.1. The maximum atomic E-state index is 12.1. The summed E-state index contributed by atoms with van der Waals surface area (Å²) < 4.78 is 10.7. The minimum atomic E-state index is -0.134. The zero-order valence-electron chi connectivity index (χ0n) is 21.6. The number of hydrogen-bond acceptors (Lipinski definition) is 6. The molecule has 0 aliphatic rings. The molecule has 0 aliphatic carbocycles. The normalized spacial score (nSPS) is 12.5. The zero-order valence-corrected chi connectivity index (χ0v) is 21.6. The number of nitrogens with one attached hydrogen (secondary N) is 1. The van der Waals surface area contributed by atoms with Crippen LogP contribution in [0.2, 0.25) is 0 Å². The highest BCUT2D eigenvalue weighted by Crippen LogP contribution is 2.36. The number of esters is 2. The molecule has 0 saturated heterocycles. The third-order valence-electron chi connectivity index (χ3n) is 5.59. The largest absolute Gasteiger partial charge is 0.466 e. The van der Waals surface area contributed by atoms with Crippen molar-refractivity contribution >= 4 is 11.9 Å². The lowest BCUT2D eigenvalue weighted by molar-refractivity contribution is -0.147. The molecule has 184 valence electrons. The summed E-state index contributed by atoms with van der Waals surface area (Å²) in [4.78, 5) is 25.9. The van der Waals surface area contributed by atoms with Crippen molar-refractivity contribution < 1.29 is 19.1 Å². The molecule has 0 bridgehead atoms. The molecule has 1 N–H and O–H groups in total. The summed E-state index contributed by atoms with van der Waals surface area (Å²) in [6.45, 7) is 19.4. The van der Waals surface area contributed by atoms with Crippen LogP contribution in [0.1, 0.15) is 87.0 Å². The van der Waals surface area contributed by atoms with Crippen LogP contribution in [0.25, 0.3) is 0 Å². The Labute approximate surface area is 191 Å². The number of hydrogen-bond donors (Lipinski definition) is 1. The molecular weight excluding hydrogens is 392 g/mol. The molecule has 0 radical (unpaired) electrons. The average Bonchev–Trinajstić information content (AvgIpc) is 2.66. The highest BCUT2D eigenvalue weighted by Gasteiger charge is 2.28. The first kappa shape index (κ1) is 29.9. The van der Waals surface area contributed by atoms with Crippen LogP contribution in [0.3, 0.4) is 0 Å². The second-order valence-corrected chi connectivity index (χ2v) is 10.8. The van der Waals surface area contributed by atoms with Gasteiger partial charge in [0.25, 0.3) is 0 Å². The molecule has 0 spiro atoms. The van der Waals surface area contributed by atoms with Gasteiger partial charge in [0.15, 0.2) is 0 Å². The van der Waals surface area contributed by atoms with Crippen LogP contribution in [0.5, 0.6) is 0 Å². The molecule has 0 saturated carbocycles. The maximum Gasteiger partial charge on any atom is 0.307 e. The van der Waals surface area contributed by atoms with Crippen molar-refractivity contribution in [2.45, 2.75) is 87.0 Å². The van der Waals surface area contributed by atoms with Gasteiger partial charge in [-0.3, -0.25) is 9.59 Å². The lowest BCUT2D eigenvalue weighted by Gasteiger charge is -2.33. The van der Waals surface area contributed by atoms with Crippen molar-refractivity contribution in [2.24, 2.45) is 16.7 Å². The van der Waals surface area contributed by atoms with E-state index in [1.165, 1.54) is 0 Å². The summed E-state index contributed by atoms with van der Waals surface area (Å²) in [6, 6.07) is 0. The molecule has 0 atom stereocenters. The Morgan fingerprint density at radius 1 is 0.935 bits per heavy atom. The lowest BCUT2D eigenvalue weighted by Crippen LogP contribution is -2.30. The van der Waals surface area contributed by atoms with Crippen molar-refractivity contribution in [3.05, 3.63) is 0 Å². The van der Waals surface area contributed by atoms with E-state index in [4.69, 9.17) is 9.47 Å². The lowest BCUT2D eigenvalue weighted by atomic mass is 9.74. The van der Waals surface area contributed by atoms with E-state index in [1.807, 2.05) is 7.05 Å². The van der Waals surface area contributed by atoms with Crippen LogP contribution < -0.4 is 5.32 Å². The van der Waals surface area contributed by atoms with Gasteiger partial charge in [-0.2, -0.15) is 0 Å². The predicted octanol–water partition coefficient (Wildman–Crippen LogP) is 4.66. The monoisotopic (exact) mass is 442 g/mol. The topological polar surface area (TPSA) is 67.9 Å². The molecule has 6 nitrogen and oxygen atoms in total. The highest BCUT2D eigenvalue weighted by molar-refractivity contribution is 5.69. The van der Waals surface area contributed by atoms with E-state index >= 15 is 0 Å². The first-order chi connectivity index (χ1) is 14.4. The molecule has 31 heavy (non-hydrogen) atoms. The molecule has 0 aromatic rings. The van der Waals surface area contributed by atoms with E-state index in [0.29, 0.717) is 45.1 Å². The van der Waals surface area contributed by atoms with Crippen LogP contribution in [-0.4, -0.2) is 63.3 Å². The van der Waals surface area contributed by atoms with E-state index in [9.17, 15) is 9.59 Å². The predicted molar refractivity (Wildman–Crippen MR) is 128 cm³/mol. The molecule has 0 aromatic carbocycles. The summed E-state index contributed by atoms with van der Waals surface area (Å²) in [5.74, 6) is 0.295. The third kappa shape index (κ3) is 18.2. The fourth-order valence-corrected chi connectivity index (χ4v) is 3.48. The van der Waals surface area contributed by atoms with E-state index in [1.54, 1.807) is 0 Å². The molecule has 0 amide bonds. The van der Waals surface area contributed by atoms with Gasteiger partial charge in [-0.25, -0.2) is 0 Å². The minimum Gasteiger partial charge on any atom is -0.466 e. The van der Waals surface area contributed by atoms with E-state index < -0.39 is 0 Å². The molecule has 0 aliphatic heterocycles. The van der Waals surface area contributed by atoms with Crippen LogP contribution >= 0.6 is 0 Å². The summed E-state index contributed by atoms with van der Waals surface area (Å²) >= 11 is 0. The fourth-order valence-electron chi connectivity index (χ4n) is 3.48. The SMILES string of the molecule is CCC(C)(C)CC(C)(C)COC(=O)CCN(C)CCCNCCC(=O)OCCC(C)C. The molecule has 6 heteroatoms. The average molecular weight is 443 g/mol. The van der Waals surface area contributed by atoms with Gasteiger partial charge < -0.3 is 19.7 Å². The zero-order chi connectivity index (χ0) is 23.9. The number of ether oxygens (including phenoxy) is 2. The Bertz CT molecular complexity index is 504. The molecule has 0 fully saturated rings. The molecule has 0 unspecified atom stereocenters. The molecule has 0 heterocycles. The Morgan fingerprint density at radius 2 is 1.58 bits per heavy atom. The number of carbonyl (C=O) groups is 2. The van der Waals surface area contributed by atoms with Gasteiger partial charge in [-0.15, -0.1) is 0 Å². The van der Waals surface area contributed by atoms with Crippen molar-refractivity contribution in [3.63, 3.8) is 0 Å². The molecule has 0 rings (SSSR count). The van der Waals surface area contributed by atoms with Crippen LogP contribution in [0.15, 0.2) is 0 Å². The van der Waals surface area contributed by atoms with Crippen molar-refractivity contribution in [1.82, 2.24) is 10.2 Å². The van der Waals surface area contributed by atoms with Crippen LogP contribution in [-0.2, 0) is 19.1 Å². The fraction of sp³-hybridized carbons (Fsp3) is 0.920. The van der Waals surface area contributed by atoms with Crippen LogP contribution in [0, 0.1) is 16.7 Å². The first-order valence-corrected chi connectivity index (χ1v) is 12.1. The van der Waals surface area contributed by atoms with Crippen molar-refractivity contribution in [3.8, 4) is 0 Å². The summed E-state index contributed by atoms with van der Waals surface area (Å²) in [7, 11) is 2.02.